The van der Waals surface area contributed by atoms with Crippen molar-refractivity contribution in [1.29, 1.82) is 0 Å². The fourth-order valence-electron chi connectivity index (χ4n) is 2.56. The van der Waals surface area contributed by atoms with Crippen LogP contribution >= 0.6 is 11.6 Å². The number of carbonyl (C=O) groups is 1. The summed E-state index contributed by atoms with van der Waals surface area (Å²) in [5, 5.41) is -0.346. The van der Waals surface area contributed by atoms with Crippen molar-refractivity contribution in [2.75, 3.05) is 27.4 Å². The molecule has 2 N–H and O–H groups in total. The molecule has 10 heteroatoms. The van der Waals surface area contributed by atoms with Crippen molar-refractivity contribution >= 4 is 17.5 Å². The number of pyridine rings is 1. The topological polar surface area (TPSA) is 83.7 Å². The van der Waals surface area contributed by atoms with Gasteiger partial charge >= 0.3 is 6.18 Å². The fraction of sp³-hybridized carbons (Fsp3) is 0.333. The first-order valence-corrected chi connectivity index (χ1v) is 8.39. The maximum Gasteiger partial charge on any atom is 0.433 e. The van der Waals surface area contributed by atoms with E-state index in [-0.39, 0.29) is 35.2 Å². The summed E-state index contributed by atoms with van der Waals surface area (Å²) in [5.41, 5.74) is 5.41. The molecule has 2 aromatic rings. The van der Waals surface area contributed by atoms with Gasteiger partial charge in [-0.2, -0.15) is 13.2 Å². The normalized spacial score (nSPS) is 11.5. The molecule has 2 rings (SSSR count). The monoisotopic (exact) mass is 418 g/mol. The second-order valence-corrected chi connectivity index (χ2v) is 5.97. The van der Waals surface area contributed by atoms with Gasteiger partial charge in [0.15, 0.2) is 0 Å². The molecule has 0 radical (unpaired) electrons. The van der Waals surface area contributed by atoms with E-state index in [2.05, 4.69) is 4.98 Å². The van der Waals surface area contributed by atoms with Gasteiger partial charge in [0.05, 0.1) is 32.5 Å². The molecule has 28 heavy (non-hydrogen) atoms. The lowest BCUT2D eigenvalue weighted by molar-refractivity contribution is -0.141. The Balaban J connectivity index is 2.58. The Morgan fingerprint density at radius 3 is 2.36 bits per heavy atom. The van der Waals surface area contributed by atoms with Gasteiger partial charge in [-0.1, -0.05) is 17.7 Å². The number of carbonyl (C=O) groups excluding carboxylic acids is 1. The molecule has 0 unspecified atom stereocenters. The lowest BCUT2D eigenvalue weighted by Gasteiger charge is -2.18. The van der Waals surface area contributed by atoms with Gasteiger partial charge in [0.2, 0.25) is 0 Å². The summed E-state index contributed by atoms with van der Waals surface area (Å²) in [7, 11) is 2.85. The molecule has 1 aromatic heterocycles. The maximum absolute atomic E-state index is 12.9. The van der Waals surface area contributed by atoms with Crippen LogP contribution in [-0.2, 0) is 22.3 Å². The number of nitrogens with zero attached hydrogens (tertiary/aromatic N) is 1. The zero-order valence-electron chi connectivity index (χ0n) is 15.1. The zero-order chi connectivity index (χ0) is 20.9. The third-order valence-corrected chi connectivity index (χ3v) is 4.13. The Hall–Kier alpha value is -2.36. The summed E-state index contributed by atoms with van der Waals surface area (Å²) in [6.45, 7) is 0.564. The fourth-order valence-corrected chi connectivity index (χ4v) is 2.82. The van der Waals surface area contributed by atoms with Gasteiger partial charge in [-0.25, -0.2) is 4.98 Å². The van der Waals surface area contributed by atoms with Crippen LogP contribution < -0.4 is 10.5 Å². The molecule has 0 aliphatic rings. The number of ether oxygens (including phenoxy) is 3. The van der Waals surface area contributed by atoms with Crippen molar-refractivity contribution in [2.24, 2.45) is 5.73 Å². The van der Waals surface area contributed by atoms with E-state index in [1.807, 2.05) is 0 Å². The summed E-state index contributed by atoms with van der Waals surface area (Å²) in [6, 6.07) is 4.94. The minimum atomic E-state index is -4.62. The van der Waals surface area contributed by atoms with E-state index in [9.17, 15) is 18.0 Å². The smallest absolute Gasteiger partial charge is 0.433 e. The van der Waals surface area contributed by atoms with E-state index >= 15 is 0 Å². The molecular weight excluding hydrogens is 401 g/mol. The van der Waals surface area contributed by atoms with Crippen LogP contribution in [0, 0.1) is 0 Å². The molecule has 6 nitrogen and oxygen atoms in total. The number of hydrogen-bond acceptors (Lipinski definition) is 5. The summed E-state index contributed by atoms with van der Waals surface area (Å²) < 4.78 is 54.3. The number of amides is 1. The van der Waals surface area contributed by atoms with Gasteiger partial charge in [0.25, 0.3) is 5.91 Å². The molecule has 152 valence electrons. The zero-order valence-corrected chi connectivity index (χ0v) is 15.9. The van der Waals surface area contributed by atoms with Gasteiger partial charge in [-0.05, 0) is 23.8 Å². The highest BCUT2D eigenvalue weighted by molar-refractivity contribution is 6.32. The molecule has 1 aromatic carbocycles. The number of alkyl halides is 3. The molecule has 0 saturated heterocycles. The van der Waals surface area contributed by atoms with Crippen LogP contribution in [0.4, 0.5) is 13.2 Å². The Morgan fingerprint density at radius 2 is 1.82 bits per heavy atom. The number of benzene rings is 1. The van der Waals surface area contributed by atoms with Gasteiger partial charge in [-0.3, -0.25) is 4.79 Å². The number of methoxy groups -OCH3 is 2. The quantitative estimate of drug-likeness (QED) is 0.522. The summed E-state index contributed by atoms with van der Waals surface area (Å²) in [5.74, 6) is -0.573. The van der Waals surface area contributed by atoms with Crippen molar-refractivity contribution in [2.45, 2.75) is 12.8 Å². The van der Waals surface area contributed by atoms with E-state index in [1.165, 1.54) is 32.4 Å². The van der Waals surface area contributed by atoms with Crippen LogP contribution in [0.25, 0.3) is 11.1 Å². The first-order chi connectivity index (χ1) is 13.2. The summed E-state index contributed by atoms with van der Waals surface area (Å²) in [6.07, 6.45) is -4.62. The minimum absolute atomic E-state index is 0.0136. The first kappa shape index (κ1) is 21.9. The van der Waals surface area contributed by atoms with Crippen LogP contribution in [0.15, 0.2) is 24.3 Å². The van der Waals surface area contributed by atoms with Crippen LogP contribution in [0.2, 0.25) is 5.15 Å². The lowest BCUT2D eigenvalue weighted by Crippen LogP contribution is -2.15. The number of halogens is 4. The molecule has 0 aliphatic carbocycles. The highest BCUT2D eigenvalue weighted by Gasteiger charge is 2.33. The molecule has 0 atom stereocenters. The molecule has 0 spiro atoms. The van der Waals surface area contributed by atoms with Crippen LogP contribution in [0.5, 0.6) is 5.75 Å². The van der Waals surface area contributed by atoms with Crippen LogP contribution in [-0.4, -0.2) is 38.3 Å². The number of hydrogen-bond donors (Lipinski definition) is 1. The molecule has 0 aliphatic heterocycles. The molecule has 0 fully saturated rings. The van der Waals surface area contributed by atoms with Crippen molar-refractivity contribution in [3.8, 4) is 16.9 Å². The summed E-state index contributed by atoms with van der Waals surface area (Å²) in [4.78, 5) is 15.1. The van der Waals surface area contributed by atoms with Gasteiger partial charge in [-0.15, -0.1) is 0 Å². The highest BCUT2D eigenvalue weighted by Crippen LogP contribution is 2.38. The largest absolute Gasteiger partial charge is 0.496 e. The predicted octanol–water partition coefficient (Wildman–Crippen LogP) is 3.69. The molecule has 1 heterocycles. The molecule has 0 bridgehead atoms. The first-order valence-electron chi connectivity index (χ1n) is 8.01. The van der Waals surface area contributed by atoms with Crippen LogP contribution in [0.1, 0.15) is 21.6 Å². The maximum atomic E-state index is 12.9. The second-order valence-electron chi connectivity index (χ2n) is 5.61. The van der Waals surface area contributed by atoms with Gasteiger partial charge in [0.1, 0.15) is 16.6 Å². The summed E-state index contributed by atoms with van der Waals surface area (Å²) >= 11 is 6.02. The van der Waals surface area contributed by atoms with E-state index < -0.39 is 17.8 Å². The standard InChI is InChI=1S/C18H18ClF3N2O4/c1-26-7-8-28-9-13-10(3-4-12(17(23)25)15(13)27-2)11-5-6-14(18(20,21)22)24-16(11)19/h3-6H,7-9H2,1-2H3,(H2,23,25). The van der Waals surface area contributed by atoms with Crippen molar-refractivity contribution in [1.82, 2.24) is 4.98 Å². The predicted molar refractivity (Wildman–Crippen MR) is 96.3 cm³/mol. The number of primary amides is 1. The SMILES string of the molecule is COCCOCc1c(-c2ccc(C(F)(F)F)nc2Cl)ccc(C(N)=O)c1OC. The number of rotatable bonds is 8. The molecule has 1 amide bonds. The lowest BCUT2D eigenvalue weighted by atomic mass is 9.97. The van der Waals surface area contributed by atoms with E-state index in [4.69, 9.17) is 31.5 Å². The Bertz CT molecular complexity index is 859. The molecular formula is C18H18ClF3N2O4. The van der Waals surface area contributed by atoms with Crippen molar-refractivity contribution < 1.29 is 32.2 Å². The minimum Gasteiger partial charge on any atom is -0.496 e. The van der Waals surface area contributed by atoms with Crippen LogP contribution in [0.3, 0.4) is 0 Å². The van der Waals surface area contributed by atoms with Gasteiger partial charge < -0.3 is 19.9 Å². The van der Waals surface area contributed by atoms with E-state index in [0.29, 0.717) is 17.7 Å². The van der Waals surface area contributed by atoms with Gasteiger partial charge in [0, 0.05) is 18.2 Å². The number of nitrogens with two attached hydrogens (primary N) is 1. The van der Waals surface area contributed by atoms with Crippen molar-refractivity contribution in [3.63, 3.8) is 0 Å². The average molecular weight is 419 g/mol. The molecule has 0 saturated carbocycles. The van der Waals surface area contributed by atoms with Crippen molar-refractivity contribution in [3.05, 3.63) is 46.2 Å². The van der Waals surface area contributed by atoms with E-state index in [0.717, 1.165) is 6.07 Å². The van der Waals surface area contributed by atoms with E-state index in [1.54, 1.807) is 0 Å². The highest BCUT2D eigenvalue weighted by atomic mass is 35.5. The third-order valence-electron chi connectivity index (χ3n) is 3.84. The number of aromatic nitrogens is 1. The Labute approximate surface area is 164 Å². The Kier molecular flexibility index (Phi) is 7.22. The second kappa shape index (κ2) is 9.22. The average Bonchev–Trinajstić information content (AvgIpc) is 2.63. The third kappa shape index (κ3) is 4.92. The Morgan fingerprint density at radius 1 is 1.14 bits per heavy atom.